The molecule has 0 heterocycles. The standard InChI is InChI=1S/C36H41N3O6S/c1-36(2,3)37-35(41)32(24-27-15-8-6-9-16-27)38(25-28-17-14-18-29(23-28)44-4)34(40)26-39(31-21-12-13-22-33(31)45-5)46(42,43)30-19-10-7-11-20-30/h6-23,32H,24-26H2,1-5H3,(H,37,41)/t32-/m0/s1. The molecule has 0 unspecified atom stereocenters. The zero-order valence-corrected chi connectivity index (χ0v) is 27.7. The number of carbonyl (C=O) groups excluding carboxylic acids is 2. The zero-order chi connectivity index (χ0) is 33.3. The molecule has 242 valence electrons. The van der Waals surface area contributed by atoms with Crippen LogP contribution < -0.4 is 19.1 Å². The van der Waals surface area contributed by atoms with Gasteiger partial charge >= 0.3 is 0 Å². The highest BCUT2D eigenvalue weighted by molar-refractivity contribution is 7.92. The third-order valence-electron chi connectivity index (χ3n) is 7.22. The largest absolute Gasteiger partial charge is 0.497 e. The summed E-state index contributed by atoms with van der Waals surface area (Å²) in [5, 5.41) is 3.03. The maximum absolute atomic E-state index is 14.6. The van der Waals surface area contributed by atoms with Gasteiger partial charge in [-0.25, -0.2) is 8.42 Å². The minimum absolute atomic E-state index is 0.0133. The first-order valence-corrected chi connectivity index (χ1v) is 16.4. The number of benzene rings is 4. The van der Waals surface area contributed by atoms with Crippen LogP contribution in [-0.2, 0) is 32.6 Å². The first-order valence-electron chi connectivity index (χ1n) is 14.9. The molecule has 1 N–H and O–H groups in total. The van der Waals surface area contributed by atoms with E-state index < -0.39 is 34.1 Å². The fourth-order valence-corrected chi connectivity index (χ4v) is 6.49. The van der Waals surface area contributed by atoms with Crippen LogP contribution in [-0.4, -0.2) is 57.5 Å². The highest BCUT2D eigenvalue weighted by Crippen LogP contribution is 2.32. The Bertz CT molecular complexity index is 1720. The molecule has 4 rings (SSSR count). The molecular formula is C36H41N3O6S. The van der Waals surface area contributed by atoms with Crippen molar-refractivity contribution in [3.8, 4) is 11.5 Å². The van der Waals surface area contributed by atoms with Gasteiger partial charge in [-0.1, -0.05) is 72.8 Å². The molecule has 0 radical (unpaired) electrons. The Morgan fingerprint density at radius 2 is 1.39 bits per heavy atom. The molecular weight excluding hydrogens is 602 g/mol. The van der Waals surface area contributed by atoms with Crippen LogP contribution in [0.15, 0.2) is 114 Å². The van der Waals surface area contributed by atoms with E-state index in [1.807, 2.05) is 57.2 Å². The predicted octanol–water partition coefficient (Wildman–Crippen LogP) is 5.45. The van der Waals surface area contributed by atoms with E-state index in [-0.39, 0.29) is 35.2 Å². The van der Waals surface area contributed by atoms with Gasteiger partial charge in [0.25, 0.3) is 10.0 Å². The molecule has 0 saturated carbocycles. The van der Waals surface area contributed by atoms with E-state index in [1.54, 1.807) is 67.8 Å². The van der Waals surface area contributed by atoms with Gasteiger partial charge in [0.05, 0.1) is 24.8 Å². The summed E-state index contributed by atoms with van der Waals surface area (Å²) in [7, 11) is -1.25. The first kappa shape index (κ1) is 34.1. The molecule has 4 aromatic carbocycles. The number of nitrogens with zero attached hydrogens (tertiary/aromatic N) is 2. The molecule has 0 bridgehead atoms. The van der Waals surface area contributed by atoms with Crippen LogP contribution in [0.2, 0.25) is 0 Å². The van der Waals surface area contributed by atoms with Gasteiger partial charge < -0.3 is 19.7 Å². The van der Waals surface area contributed by atoms with Gasteiger partial charge in [0.2, 0.25) is 11.8 Å². The van der Waals surface area contributed by atoms with E-state index in [2.05, 4.69) is 5.32 Å². The van der Waals surface area contributed by atoms with Crippen LogP contribution in [0.4, 0.5) is 5.69 Å². The highest BCUT2D eigenvalue weighted by atomic mass is 32.2. The summed E-state index contributed by atoms with van der Waals surface area (Å²) in [6.45, 7) is 5.05. The van der Waals surface area contributed by atoms with Crippen LogP contribution in [0, 0.1) is 0 Å². The van der Waals surface area contributed by atoms with Crippen LogP contribution in [0.3, 0.4) is 0 Å². The van der Waals surface area contributed by atoms with Gasteiger partial charge in [-0.05, 0) is 68.3 Å². The third-order valence-corrected chi connectivity index (χ3v) is 8.99. The average Bonchev–Trinajstić information content (AvgIpc) is 3.05. The number of ether oxygens (including phenoxy) is 2. The monoisotopic (exact) mass is 643 g/mol. The summed E-state index contributed by atoms with van der Waals surface area (Å²) in [5.74, 6) is -0.0630. The fraction of sp³-hybridized carbons (Fsp3) is 0.278. The van der Waals surface area contributed by atoms with Crippen molar-refractivity contribution in [3.63, 3.8) is 0 Å². The van der Waals surface area contributed by atoms with Crippen molar-refractivity contribution in [2.45, 2.75) is 50.2 Å². The van der Waals surface area contributed by atoms with E-state index in [1.165, 1.54) is 24.1 Å². The Balaban J connectivity index is 1.85. The van der Waals surface area contributed by atoms with Gasteiger partial charge in [0, 0.05) is 18.5 Å². The van der Waals surface area contributed by atoms with E-state index in [4.69, 9.17) is 9.47 Å². The number of sulfonamides is 1. The van der Waals surface area contributed by atoms with Gasteiger partial charge in [-0.15, -0.1) is 0 Å². The van der Waals surface area contributed by atoms with Crippen molar-refractivity contribution in [1.82, 2.24) is 10.2 Å². The van der Waals surface area contributed by atoms with E-state index in [0.717, 1.165) is 9.87 Å². The number of carbonyl (C=O) groups is 2. The minimum atomic E-state index is -4.25. The van der Waals surface area contributed by atoms with Gasteiger partial charge in [0.1, 0.15) is 24.1 Å². The number of amides is 2. The number of rotatable bonds is 13. The molecule has 4 aromatic rings. The molecule has 46 heavy (non-hydrogen) atoms. The molecule has 1 atom stereocenters. The van der Waals surface area contributed by atoms with Crippen molar-refractivity contribution in [1.29, 1.82) is 0 Å². The fourth-order valence-electron chi connectivity index (χ4n) is 5.04. The molecule has 9 nitrogen and oxygen atoms in total. The summed E-state index contributed by atoms with van der Waals surface area (Å²) < 4.78 is 40.4. The van der Waals surface area contributed by atoms with Crippen LogP contribution in [0.5, 0.6) is 11.5 Å². The smallest absolute Gasteiger partial charge is 0.264 e. The Labute approximate surface area is 271 Å². The van der Waals surface area contributed by atoms with Gasteiger partial charge in [0.15, 0.2) is 0 Å². The van der Waals surface area contributed by atoms with E-state index in [0.29, 0.717) is 11.3 Å². The second-order valence-electron chi connectivity index (χ2n) is 11.8. The number of methoxy groups -OCH3 is 2. The summed E-state index contributed by atoms with van der Waals surface area (Å²) in [5.41, 5.74) is 1.17. The van der Waals surface area contributed by atoms with Crippen LogP contribution >= 0.6 is 0 Å². The lowest BCUT2D eigenvalue weighted by Gasteiger charge is -2.35. The lowest BCUT2D eigenvalue weighted by Crippen LogP contribution is -2.56. The third kappa shape index (κ3) is 8.66. The van der Waals surface area contributed by atoms with Gasteiger partial charge in [-0.3, -0.25) is 13.9 Å². The van der Waals surface area contributed by atoms with Crippen molar-refractivity contribution >= 4 is 27.5 Å². The van der Waals surface area contributed by atoms with E-state index in [9.17, 15) is 18.0 Å². The predicted molar refractivity (Wildman–Crippen MR) is 179 cm³/mol. The lowest BCUT2D eigenvalue weighted by molar-refractivity contribution is -0.140. The summed E-state index contributed by atoms with van der Waals surface area (Å²) in [4.78, 5) is 30.1. The SMILES string of the molecule is COc1cccc(CN(C(=O)CN(c2ccccc2OC)S(=O)(=O)c2ccccc2)[C@@H](Cc2ccccc2)C(=O)NC(C)(C)C)c1. The molecule has 0 spiro atoms. The molecule has 10 heteroatoms. The Morgan fingerprint density at radius 3 is 2.02 bits per heavy atom. The first-order chi connectivity index (χ1) is 21.9. The molecule has 0 aromatic heterocycles. The number of hydrogen-bond acceptors (Lipinski definition) is 6. The molecule has 0 aliphatic rings. The second-order valence-corrected chi connectivity index (χ2v) is 13.7. The van der Waals surface area contributed by atoms with Crippen LogP contribution in [0.1, 0.15) is 31.9 Å². The molecule has 0 aliphatic heterocycles. The molecule has 0 fully saturated rings. The molecule has 2 amide bonds. The van der Waals surface area contributed by atoms with Crippen molar-refractivity contribution in [2.75, 3.05) is 25.1 Å². The molecule has 0 aliphatic carbocycles. The number of para-hydroxylation sites is 2. The normalized spacial score (nSPS) is 12.1. The van der Waals surface area contributed by atoms with Crippen molar-refractivity contribution in [2.24, 2.45) is 0 Å². The number of anilines is 1. The molecule has 0 saturated heterocycles. The number of hydrogen-bond donors (Lipinski definition) is 1. The lowest BCUT2D eigenvalue weighted by atomic mass is 10.0. The Morgan fingerprint density at radius 1 is 0.783 bits per heavy atom. The van der Waals surface area contributed by atoms with Gasteiger partial charge in [-0.2, -0.15) is 0 Å². The number of nitrogens with one attached hydrogen (secondary N) is 1. The van der Waals surface area contributed by atoms with Crippen LogP contribution in [0.25, 0.3) is 0 Å². The Hall–Kier alpha value is -4.83. The van der Waals surface area contributed by atoms with Crippen molar-refractivity contribution in [3.05, 3.63) is 120 Å². The summed E-state index contributed by atoms with van der Waals surface area (Å²) in [6, 6.07) is 30.2. The summed E-state index contributed by atoms with van der Waals surface area (Å²) >= 11 is 0. The average molecular weight is 644 g/mol. The summed E-state index contributed by atoms with van der Waals surface area (Å²) in [6.07, 6.45) is 0.207. The second kappa shape index (κ2) is 15.0. The topological polar surface area (TPSA) is 105 Å². The van der Waals surface area contributed by atoms with Crippen molar-refractivity contribution < 1.29 is 27.5 Å². The zero-order valence-electron chi connectivity index (χ0n) is 26.8. The minimum Gasteiger partial charge on any atom is -0.497 e. The quantitative estimate of drug-likeness (QED) is 0.208. The Kier molecular flexibility index (Phi) is 11.1. The maximum Gasteiger partial charge on any atom is 0.264 e. The maximum atomic E-state index is 14.6. The van der Waals surface area contributed by atoms with E-state index >= 15 is 0 Å². The highest BCUT2D eigenvalue weighted by Gasteiger charge is 2.36.